The first kappa shape index (κ1) is 14.2. The predicted octanol–water partition coefficient (Wildman–Crippen LogP) is -0.183. The van der Waals surface area contributed by atoms with E-state index in [2.05, 4.69) is 15.0 Å². The molecule has 1 aliphatic heterocycles. The minimum atomic E-state index is -3.61. The number of anilines is 1. The van der Waals surface area contributed by atoms with E-state index in [1.54, 1.807) is 13.1 Å². The maximum Gasteiger partial charge on any atom is 0.244 e. The van der Waals surface area contributed by atoms with Crippen LogP contribution in [0.25, 0.3) is 0 Å². The lowest BCUT2D eigenvalue weighted by Crippen LogP contribution is -2.39. The average molecular weight is 287 g/mol. The second kappa shape index (κ2) is 6.29. The van der Waals surface area contributed by atoms with Gasteiger partial charge < -0.3 is 14.8 Å². The third-order valence-corrected chi connectivity index (χ3v) is 4.18. The summed E-state index contributed by atoms with van der Waals surface area (Å²) in [6, 6.07) is 1.61. The highest BCUT2D eigenvalue weighted by atomic mass is 32.2. The molecule has 1 aromatic heterocycles. The number of aromatic nitrogens is 1. The molecule has 0 aliphatic carbocycles. The molecule has 7 nitrogen and oxygen atoms in total. The molecule has 1 fully saturated rings. The topological polar surface area (TPSA) is 89.6 Å². The summed E-state index contributed by atoms with van der Waals surface area (Å²) in [6.07, 6.45) is 2.59. The quantitative estimate of drug-likeness (QED) is 0.780. The number of nitrogens with zero attached hydrogens (tertiary/aromatic N) is 1. The Hall–Kier alpha value is -1.22. The molecule has 1 aromatic rings. The van der Waals surface area contributed by atoms with Gasteiger partial charge in [0.15, 0.2) is 0 Å². The minimum Gasteiger partial charge on any atom is -0.387 e. The van der Waals surface area contributed by atoms with Crippen LogP contribution in [0.4, 0.5) is 5.69 Å². The maximum absolute atomic E-state index is 12.2. The van der Waals surface area contributed by atoms with Crippen molar-refractivity contribution in [3.8, 4) is 0 Å². The summed E-state index contributed by atoms with van der Waals surface area (Å²) in [5.41, 5.74) is 0.503. The van der Waals surface area contributed by atoms with Gasteiger partial charge in [-0.3, -0.25) is 4.98 Å². The summed E-state index contributed by atoms with van der Waals surface area (Å²) in [5.74, 6) is 0. The number of hydrogen-bond acceptors (Lipinski definition) is 6. The zero-order valence-corrected chi connectivity index (χ0v) is 11.4. The van der Waals surface area contributed by atoms with Crippen LogP contribution in [0.5, 0.6) is 0 Å². The number of nitrogens with one attached hydrogen (secondary N) is 2. The molecule has 0 bridgehead atoms. The van der Waals surface area contributed by atoms with Crippen LogP contribution in [0.15, 0.2) is 23.4 Å². The zero-order chi connectivity index (χ0) is 13.7. The molecule has 0 radical (unpaired) electrons. The van der Waals surface area contributed by atoms with E-state index >= 15 is 0 Å². The van der Waals surface area contributed by atoms with Gasteiger partial charge in [-0.1, -0.05) is 0 Å². The molecular weight excluding hydrogens is 270 g/mol. The molecule has 0 saturated carbocycles. The van der Waals surface area contributed by atoms with Crippen LogP contribution in [-0.2, 0) is 19.5 Å². The molecule has 1 aliphatic rings. The van der Waals surface area contributed by atoms with E-state index in [0.29, 0.717) is 25.5 Å². The number of sulfonamides is 1. The Morgan fingerprint density at radius 1 is 1.47 bits per heavy atom. The van der Waals surface area contributed by atoms with Gasteiger partial charge in [-0.05, 0) is 6.07 Å². The predicted molar refractivity (Wildman–Crippen MR) is 69.5 cm³/mol. The van der Waals surface area contributed by atoms with Gasteiger partial charge in [0.25, 0.3) is 0 Å². The van der Waals surface area contributed by atoms with Crippen LogP contribution in [0.2, 0.25) is 0 Å². The van der Waals surface area contributed by atoms with Crippen LogP contribution < -0.4 is 10.0 Å². The average Bonchev–Trinajstić information content (AvgIpc) is 2.46. The third kappa shape index (κ3) is 3.63. The van der Waals surface area contributed by atoms with E-state index in [1.165, 1.54) is 12.4 Å². The fourth-order valence-electron chi connectivity index (χ4n) is 1.74. The number of ether oxygens (including phenoxy) is 2. The van der Waals surface area contributed by atoms with E-state index in [1.807, 2.05) is 0 Å². The van der Waals surface area contributed by atoms with Gasteiger partial charge in [-0.2, -0.15) is 0 Å². The lowest BCUT2D eigenvalue weighted by Gasteiger charge is -2.23. The number of hydrogen-bond donors (Lipinski definition) is 2. The van der Waals surface area contributed by atoms with Crippen LogP contribution >= 0.6 is 0 Å². The highest BCUT2D eigenvalue weighted by Gasteiger charge is 2.21. The van der Waals surface area contributed by atoms with Crippen LogP contribution in [0.1, 0.15) is 0 Å². The van der Waals surface area contributed by atoms with Gasteiger partial charge in [0, 0.05) is 26.0 Å². The van der Waals surface area contributed by atoms with Gasteiger partial charge in [-0.15, -0.1) is 0 Å². The normalized spacial score (nSPS) is 20.2. The van der Waals surface area contributed by atoms with Gasteiger partial charge in [-0.25, -0.2) is 13.1 Å². The van der Waals surface area contributed by atoms with Crippen LogP contribution in [0.3, 0.4) is 0 Å². The van der Waals surface area contributed by atoms with Crippen molar-refractivity contribution in [3.63, 3.8) is 0 Å². The minimum absolute atomic E-state index is 0.120. The molecule has 0 spiro atoms. The molecule has 2 N–H and O–H groups in total. The lowest BCUT2D eigenvalue weighted by molar-refractivity contribution is -0.0846. The Morgan fingerprint density at radius 2 is 2.32 bits per heavy atom. The highest BCUT2D eigenvalue weighted by molar-refractivity contribution is 7.89. The molecule has 2 rings (SSSR count). The Labute approximate surface area is 112 Å². The Bertz CT molecular complexity index is 514. The van der Waals surface area contributed by atoms with Crippen molar-refractivity contribution < 1.29 is 17.9 Å². The fraction of sp³-hybridized carbons (Fsp3) is 0.545. The van der Waals surface area contributed by atoms with Gasteiger partial charge >= 0.3 is 0 Å². The van der Waals surface area contributed by atoms with E-state index in [0.717, 1.165) is 0 Å². The zero-order valence-electron chi connectivity index (χ0n) is 10.6. The van der Waals surface area contributed by atoms with E-state index in [9.17, 15) is 8.42 Å². The standard InChI is InChI=1S/C11H17N3O4S/c1-12-10-2-3-13-7-11(10)19(15,16)14-6-9-8-17-4-5-18-9/h2-3,7,9,14H,4-6,8H2,1H3,(H,12,13). The largest absolute Gasteiger partial charge is 0.387 e. The molecule has 0 aromatic carbocycles. The van der Waals surface area contributed by atoms with Crippen molar-refractivity contribution in [2.24, 2.45) is 0 Å². The molecule has 1 atom stereocenters. The number of rotatable bonds is 5. The summed E-state index contributed by atoms with van der Waals surface area (Å²) in [5, 5.41) is 2.82. The van der Waals surface area contributed by atoms with E-state index in [4.69, 9.17) is 9.47 Å². The molecule has 8 heteroatoms. The van der Waals surface area contributed by atoms with Gasteiger partial charge in [0.05, 0.1) is 31.6 Å². The molecule has 19 heavy (non-hydrogen) atoms. The second-order valence-electron chi connectivity index (χ2n) is 4.04. The molecule has 0 amide bonds. The Morgan fingerprint density at radius 3 is 3.00 bits per heavy atom. The first-order valence-corrected chi connectivity index (χ1v) is 7.42. The SMILES string of the molecule is CNc1ccncc1S(=O)(=O)NCC1COCCO1. The smallest absolute Gasteiger partial charge is 0.244 e. The van der Waals surface area contributed by atoms with E-state index in [-0.39, 0.29) is 17.5 Å². The highest BCUT2D eigenvalue weighted by Crippen LogP contribution is 2.18. The van der Waals surface area contributed by atoms with Crippen molar-refractivity contribution in [2.75, 3.05) is 38.7 Å². The summed E-state index contributed by atoms with van der Waals surface area (Å²) < 4.78 is 37.4. The first-order valence-electron chi connectivity index (χ1n) is 5.94. The summed E-state index contributed by atoms with van der Waals surface area (Å²) >= 11 is 0. The van der Waals surface area contributed by atoms with Crippen molar-refractivity contribution in [1.82, 2.24) is 9.71 Å². The van der Waals surface area contributed by atoms with Crippen LogP contribution in [-0.4, -0.2) is 52.9 Å². The van der Waals surface area contributed by atoms with Crippen molar-refractivity contribution in [3.05, 3.63) is 18.5 Å². The monoisotopic (exact) mass is 287 g/mol. The number of pyridine rings is 1. The van der Waals surface area contributed by atoms with Gasteiger partial charge in [0.2, 0.25) is 10.0 Å². The maximum atomic E-state index is 12.2. The van der Waals surface area contributed by atoms with Crippen molar-refractivity contribution in [1.29, 1.82) is 0 Å². The molecule has 2 heterocycles. The Kier molecular flexibility index (Phi) is 4.70. The molecular formula is C11H17N3O4S. The summed E-state index contributed by atoms with van der Waals surface area (Å²) in [7, 11) is -1.95. The second-order valence-corrected chi connectivity index (χ2v) is 5.78. The van der Waals surface area contributed by atoms with Crippen molar-refractivity contribution in [2.45, 2.75) is 11.0 Å². The Balaban J connectivity index is 2.05. The summed E-state index contributed by atoms with van der Waals surface area (Å²) in [4.78, 5) is 3.96. The molecule has 1 unspecified atom stereocenters. The van der Waals surface area contributed by atoms with E-state index < -0.39 is 10.0 Å². The molecule has 1 saturated heterocycles. The fourth-order valence-corrected chi connectivity index (χ4v) is 2.96. The summed E-state index contributed by atoms with van der Waals surface area (Å²) in [6.45, 7) is 1.62. The van der Waals surface area contributed by atoms with Crippen molar-refractivity contribution >= 4 is 15.7 Å². The first-order chi connectivity index (χ1) is 9.13. The molecule has 106 valence electrons. The van der Waals surface area contributed by atoms with Gasteiger partial charge in [0.1, 0.15) is 4.90 Å². The lowest BCUT2D eigenvalue weighted by atomic mass is 10.3. The third-order valence-electron chi connectivity index (χ3n) is 2.73. The van der Waals surface area contributed by atoms with Crippen LogP contribution in [0, 0.1) is 0 Å².